The van der Waals surface area contributed by atoms with E-state index in [0.29, 0.717) is 5.92 Å². The first-order chi connectivity index (χ1) is 9.42. The third-order valence-corrected chi connectivity index (χ3v) is 3.71. The van der Waals surface area contributed by atoms with Gasteiger partial charge in [0.25, 0.3) is 0 Å². The first-order valence-electron chi connectivity index (χ1n) is 6.56. The lowest BCUT2D eigenvalue weighted by molar-refractivity contribution is 0.173. The predicted molar refractivity (Wildman–Crippen MR) is 73.4 cm³/mol. The van der Waals surface area contributed by atoms with E-state index < -0.39 is 0 Å². The summed E-state index contributed by atoms with van der Waals surface area (Å²) in [6.45, 7) is 0.969. The number of rotatable bonds is 1. The first kappa shape index (κ1) is 10.7. The summed E-state index contributed by atoms with van der Waals surface area (Å²) in [5.74, 6) is 2.35. The van der Waals surface area contributed by atoms with Gasteiger partial charge in [0.05, 0.1) is 0 Å². The van der Waals surface area contributed by atoms with Gasteiger partial charge in [0.15, 0.2) is 11.6 Å². The molecule has 4 rings (SSSR count). The van der Waals surface area contributed by atoms with Gasteiger partial charge in [0.2, 0.25) is 0 Å². The standard InChI is InChI=1S/C15H15N3O/c1-3-7-13-12(6-1)10-16-18(13)15-9-11-5-2-4-8-14(11)19-17-15/h1-5,7-9,12,16-17H,6,10H2. The van der Waals surface area contributed by atoms with Crippen LogP contribution in [0.25, 0.3) is 6.08 Å². The normalized spacial score (nSPS) is 23.8. The van der Waals surface area contributed by atoms with Gasteiger partial charge in [-0.3, -0.25) is 5.01 Å². The lowest BCUT2D eigenvalue weighted by Crippen LogP contribution is -2.38. The number of allylic oxidation sites excluding steroid dienone is 3. The van der Waals surface area contributed by atoms with Crippen molar-refractivity contribution in [1.82, 2.24) is 15.9 Å². The first-order valence-corrected chi connectivity index (χ1v) is 6.56. The Morgan fingerprint density at radius 1 is 1.26 bits per heavy atom. The molecule has 0 amide bonds. The highest BCUT2D eigenvalue weighted by Gasteiger charge is 2.31. The van der Waals surface area contributed by atoms with Crippen molar-refractivity contribution in [3.8, 4) is 5.75 Å². The number of para-hydroxylation sites is 1. The Labute approximate surface area is 112 Å². The van der Waals surface area contributed by atoms with Crippen LogP contribution in [0.4, 0.5) is 0 Å². The van der Waals surface area contributed by atoms with E-state index in [2.05, 4.69) is 46.3 Å². The van der Waals surface area contributed by atoms with Gasteiger partial charge in [0, 0.05) is 23.7 Å². The third kappa shape index (κ3) is 1.72. The highest BCUT2D eigenvalue weighted by Crippen LogP contribution is 2.32. The molecular weight excluding hydrogens is 238 g/mol. The second-order valence-electron chi connectivity index (χ2n) is 4.92. The summed E-state index contributed by atoms with van der Waals surface area (Å²) in [6.07, 6.45) is 9.70. The molecule has 0 spiro atoms. The van der Waals surface area contributed by atoms with Gasteiger partial charge < -0.3 is 4.84 Å². The quantitative estimate of drug-likeness (QED) is 0.804. The molecule has 96 valence electrons. The van der Waals surface area contributed by atoms with Crippen LogP contribution < -0.4 is 15.7 Å². The molecule has 0 saturated carbocycles. The molecule has 1 aromatic rings. The van der Waals surface area contributed by atoms with Crippen LogP contribution in [0.3, 0.4) is 0 Å². The molecule has 3 aliphatic rings. The summed E-state index contributed by atoms with van der Waals surface area (Å²) in [7, 11) is 0. The minimum Gasteiger partial charge on any atom is -0.380 e. The van der Waals surface area contributed by atoms with Crippen LogP contribution >= 0.6 is 0 Å². The maximum absolute atomic E-state index is 5.58. The van der Waals surface area contributed by atoms with Crippen molar-refractivity contribution in [2.24, 2.45) is 5.92 Å². The van der Waals surface area contributed by atoms with Crippen LogP contribution in [-0.2, 0) is 0 Å². The molecule has 0 bridgehead atoms. The lowest BCUT2D eigenvalue weighted by atomic mass is 9.98. The number of hydrogen-bond acceptors (Lipinski definition) is 4. The second kappa shape index (κ2) is 4.17. The van der Waals surface area contributed by atoms with Crippen LogP contribution in [-0.4, -0.2) is 11.6 Å². The van der Waals surface area contributed by atoms with E-state index in [1.54, 1.807) is 0 Å². The summed E-state index contributed by atoms with van der Waals surface area (Å²) < 4.78 is 0. The SMILES string of the molecule is C1=CCC2CNN(C3=Cc4ccccc4ON3)C2=C1. The molecule has 1 aromatic carbocycles. The molecule has 2 heterocycles. The molecule has 4 heteroatoms. The number of hydrazine groups is 1. The summed E-state index contributed by atoms with van der Waals surface area (Å²) in [5.41, 5.74) is 8.81. The molecule has 1 fully saturated rings. The van der Waals surface area contributed by atoms with Crippen LogP contribution in [0.2, 0.25) is 0 Å². The van der Waals surface area contributed by atoms with Crippen molar-refractivity contribution in [1.29, 1.82) is 0 Å². The van der Waals surface area contributed by atoms with E-state index in [9.17, 15) is 0 Å². The Bertz CT molecular complexity index is 603. The Hall–Kier alpha value is -2.20. The maximum Gasteiger partial charge on any atom is 0.162 e. The number of hydrogen-bond donors (Lipinski definition) is 2. The number of fused-ring (bicyclic) bond motifs is 2. The van der Waals surface area contributed by atoms with Gasteiger partial charge in [0.1, 0.15) is 0 Å². The fourth-order valence-corrected chi connectivity index (χ4v) is 2.72. The Morgan fingerprint density at radius 3 is 3.21 bits per heavy atom. The van der Waals surface area contributed by atoms with Crippen LogP contribution in [0.1, 0.15) is 12.0 Å². The fraction of sp³-hybridized carbons (Fsp3) is 0.200. The summed E-state index contributed by atoms with van der Waals surface area (Å²) in [5, 5.41) is 2.09. The van der Waals surface area contributed by atoms with Crippen LogP contribution in [0, 0.1) is 5.92 Å². The summed E-state index contributed by atoms with van der Waals surface area (Å²) in [6, 6.07) is 8.00. The molecule has 1 atom stereocenters. The third-order valence-electron chi connectivity index (χ3n) is 3.71. The summed E-state index contributed by atoms with van der Waals surface area (Å²) in [4.78, 5) is 5.58. The molecule has 0 aromatic heterocycles. The smallest absolute Gasteiger partial charge is 0.162 e. The van der Waals surface area contributed by atoms with E-state index in [-0.39, 0.29) is 0 Å². The average molecular weight is 253 g/mol. The average Bonchev–Trinajstić information content (AvgIpc) is 2.91. The van der Waals surface area contributed by atoms with Gasteiger partial charge in [-0.1, -0.05) is 30.4 Å². The van der Waals surface area contributed by atoms with Gasteiger partial charge >= 0.3 is 0 Å². The van der Waals surface area contributed by atoms with Crippen molar-refractivity contribution in [2.75, 3.05) is 6.54 Å². The lowest BCUT2D eigenvalue weighted by Gasteiger charge is -2.28. The molecule has 1 saturated heterocycles. The number of nitrogens with zero attached hydrogens (tertiary/aromatic N) is 1. The molecule has 2 N–H and O–H groups in total. The molecule has 19 heavy (non-hydrogen) atoms. The van der Waals surface area contributed by atoms with Crippen molar-refractivity contribution in [3.05, 3.63) is 59.6 Å². The highest BCUT2D eigenvalue weighted by atomic mass is 16.7. The molecule has 0 radical (unpaired) electrons. The van der Waals surface area contributed by atoms with E-state index in [4.69, 9.17) is 4.84 Å². The van der Waals surface area contributed by atoms with Crippen molar-refractivity contribution < 1.29 is 4.84 Å². The van der Waals surface area contributed by atoms with Gasteiger partial charge in [-0.25, -0.2) is 10.9 Å². The molecule has 1 unspecified atom stereocenters. The van der Waals surface area contributed by atoms with Crippen molar-refractivity contribution >= 4 is 6.08 Å². The topological polar surface area (TPSA) is 36.5 Å². The second-order valence-corrected chi connectivity index (χ2v) is 4.92. The maximum atomic E-state index is 5.58. The zero-order chi connectivity index (χ0) is 12.7. The molecular formula is C15H15N3O. The van der Waals surface area contributed by atoms with Crippen LogP contribution in [0.5, 0.6) is 5.75 Å². The zero-order valence-corrected chi connectivity index (χ0v) is 10.5. The Kier molecular flexibility index (Phi) is 2.35. The Morgan fingerprint density at radius 2 is 2.21 bits per heavy atom. The molecule has 1 aliphatic carbocycles. The van der Waals surface area contributed by atoms with Crippen LogP contribution in [0.15, 0.2) is 54.0 Å². The minimum absolute atomic E-state index is 0.560. The van der Waals surface area contributed by atoms with E-state index in [1.807, 2.05) is 18.2 Å². The highest BCUT2D eigenvalue weighted by molar-refractivity contribution is 5.61. The monoisotopic (exact) mass is 253 g/mol. The number of hydroxylamine groups is 1. The molecule has 4 nitrogen and oxygen atoms in total. The van der Waals surface area contributed by atoms with Crippen molar-refractivity contribution in [3.63, 3.8) is 0 Å². The van der Waals surface area contributed by atoms with Gasteiger partial charge in [-0.05, 0) is 24.6 Å². The summed E-state index contributed by atoms with van der Waals surface area (Å²) >= 11 is 0. The van der Waals surface area contributed by atoms with E-state index in [0.717, 1.165) is 30.1 Å². The van der Waals surface area contributed by atoms with Crippen molar-refractivity contribution in [2.45, 2.75) is 6.42 Å². The largest absolute Gasteiger partial charge is 0.380 e. The number of nitrogens with one attached hydrogen (secondary N) is 2. The number of benzene rings is 1. The van der Waals surface area contributed by atoms with E-state index >= 15 is 0 Å². The molecule has 2 aliphatic heterocycles. The van der Waals surface area contributed by atoms with E-state index in [1.165, 1.54) is 5.70 Å². The van der Waals surface area contributed by atoms with Gasteiger partial charge in [-0.2, -0.15) is 0 Å². The van der Waals surface area contributed by atoms with Gasteiger partial charge in [-0.15, -0.1) is 0 Å². The Balaban J connectivity index is 1.69. The predicted octanol–water partition coefficient (Wildman–Crippen LogP) is 2.16. The fourth-order valence-electron chi connectivity index (χ4n) is 2.72. The minimum atomic E-state index is 0.560. The zero-order valence-electron chi connectivity index (χ0n) is 10.5.